The molecule has 0 saturated heterocycles. The zero-order valence-electron chi connectivity index (χ0n) is 29.8. The van der Waals surface area contributed by atoms with Crippen LogP contribution in [0.4, 0.5) is 8.78 Å². The van der Waals surface area contributed by atoms with Crippen LogP contribution in [0.2, 0.25) is 0 Å². The number of nitrogens with one attached hydrogen (secondary N) is 1. The van der Waals surface area contributed by atoms with Crippen molar-refractivity contribution in [3.8, 4) is 22.9 Å². The van der Waals surface area contributed by atoms with Gasteiger partial charge in [-0.25, -0.2) is 26.9 Å². The van der Waals surface area contributed by atoms with E-state index in [4.69, 9.17) is 14.8 Å². The van der Waals surface area contributed by atoms with Gasteiger partial charge in [-0.2, -0.15) is 5.10 Å². The van der Waals surface area contributed by atoms with Crippen LogP contribution in [0.3, 0.4) is 0 Å². The highest BCUT2D eigenvalue weighted by atomic mass is 32.2. The molecule has 270 valence electrons. The first-order chi connectivity index (χ1) is 24.0. The van der Waals surface area contributed by atoms with Crippen molar-refractivity contribution < 1.29 is 31.8 Å². The lowest BCUT2D eigenvalue weighted by atomic mass is 9.74. The molecule has 3 unspecified atom stereocenters. The van der Waals surface area contributed by atoms with E-state index >= 15 is 8.78 Å². The number of carbonyl (C=O) groups is 1. The van der Waals surface area contributed by atoms with E-state index in [0.29, 0.717) is 41.6 Å². The molecule has 6 rings (SSSR count). The van der Waals surface area contributed by atoms with Gasteiger partial charge in [0.25, 0.3) is 0 Å². The van der Waals surface area contributed by atoms with Crippen LogP contribution in [0.1, 0.15) is 82.3 Å². The molecule has 4 bridgehead atoms. The maximum atomic E-state index is 15.7. The SMILES string of the molecule is CC(C(=O)O)C(C)c1cccc(C2(C)CCCC(C)(C)CS(=O)(=O)CCc3c(c(F)cc4[nH]ccc34)Oc3ccc(F)c(c3)-c3nc2nn3C)c1. The number of nitrogens with zero attached hydrogens (tertiary/aromatic N) is 3. The van der Waals surface area contributed by atoms with E-state index in [9.17, 15) is 18.3 Å². The predicted molar refractivity (Wildman–Crippen MR) is 193 cm³/mol. The van der Waals surface area contributed by atoms with E-state index in [2.05, 4.69) is 4.98 Å². The number of hydrogen-bond donors (Lipinski definition) is 2. The minimum atomic E-state index is -3.60. The molecule has 0 amide bonds. The number of halogens is 2. The lowest BCUT2D eigenvalue weighted by molar-refractivity contribution is -0.141. The van der Waals surface area contributed by atoms with Gasteiger partial charge < -0.3 is 14.8 Å². The first-order valence-electron chi connectivity index (χ1n) is 17.2. The van der Waals surface area contributed by atoms with Gasteiger partial charge in [0.1, 0.15) is 11.6 Å². The topological polar surface area (TPSA) is 127 Å². The van der Waals surface area contributed by atoms with Crippen molar-refractivity contribution in [2.75, 3.05) is 11.5 Å². The van der Waals surface area contributed by atoms with Gasteiger partial charge in [0.15, 0.2) is 33.1 Å². The number of hydrogen-bond acceptors (Lipinski definition) is 6. The van der Waals surface area contributed by atoms with E-state index in [1.165, 1.54) is 28.9 Å². The number of aliphatic carboxylic acids is 1. The summed E-state index contributed by atoms with van der Waals surface area (Å²) in [5, 5.41) is 15.2. The monoisotopic (exact) mass is 718 g/mol. The van der Waals surface area contributed by atoms with Gasteiger partial charge >= 0.3 is 5.97 Å². The summed E-state index contributed by atoms with van der Waals surface area (Å²) in [6.07, 6.45) is 3.41. The van der Waals surface area contributed by atoms with Crippen LogP contribution in [-0.2, 0) is 33.5 Å². The molecule has 0 radical (unpaired) electrons. The smallest absolute Gasteiger partial charge is 0.306 e. The molecule has 3 aromatic carbocycles. The van der Waals surface area contributed by atoms with E-state index < -0.39 is 44.2 Å². The normalized spacial score (nSPS) is 20.4. The summed E-state index contributed by atoms with van der Waals surface area (Å²) >= 11 is 0. The number of aryl methyl sites for hydroxylation is 2. The fraction of sp³-hybridized carbons (Fsp3) is 0.410. The van der Waals surface area contributed by atoms with E-state index in [1.54, 1.807) is 26.2 Å². The van der Waals surface area contributed by atoms with Crippen LogP contribution in [0.5, 0.6) is 11.5 Å². The highest BCUT2D eigenvalue weighted by molar-refractivity contribution is 7.91. The summed E-state index contributed by atoms with van der Waals surface area (Å²) < 4.78 is 66.3. The zero-order chi connectivity index (χ0) is 36.9. The Morgan fingerprint density at radius 3 is 2.55 bits per heavy atom. The maximum absolute atomic E-state index is 15.7. The first-order valence-corrected chi connectivity index (χ1v) is 19.0. The minimum Gasteiger partial charge on any atom is -0.481 e. The number of carboxylic acids is 1. The van der Waals surface area contributed by atoms with Gasteiger partial charge in [0, 0.05) is 35.8 Å². The number of sulfone groups is 1. The third-order valence-corrected chi connectivity index (χ3v) is 12.6. The molecule has 12 heteroatoms. The van der Waals surface area contributed by atoms with Gasteiger partial charge in [-0.05, 0) is 72.9 Å². The van der Waals surface area contributed by atoms with Crippen molar-refractivity contribution >= 4 is 26.7 Å². The Balaban J connectivity index is 1.51. The summed E-state index contributed by atoms with van der Waals surface area (Å²) in [6, 6.07) is 14.9. The molecule has 5 aromatic rings. The van der Waals surface area contributed by atoms with Crippen LogP contribution in [0, 0.1) is 23.0 Å². The highest BCUT2D eigenvalue weighted by Crippen LogP contribution is 2.41. The van der Waals surface area contributed by atoms with Crippen LogP contribution < -0.4 is 4.74 Å². The number of rotatable bonds is 4. The molecular formula is C39H44F2N4O5S. The zero-order valence-corrected chi connectivity index (χ0v) is 30.6. The van der Waals surface area contributed by atoms with Crippen LogP contribution in [-0.4, -0.2) is 50.7 Å². The van der Waals surface area contributed by atoms with E-state index in [-0.39, 0.29) is 46.7 Å². The van der Waals surface area contributed by atoms with Crippen molar-refractivity contribution in [2.45, 2.75) is 71.6 Å². The lowest BCUT2D eigenvalue weighted by Crippen LogP contribution is -2.29. The summed E-state index contributed by atoms with van der Waals surface area (Å²) in [7, 11) is -1.92. The van der Waals surface area contributed by atoms with E-state index in [1.807, 2.05) is 52.0 Å². The summed E-state index contributed by atoms with van der Waals surface area (Å²) in [5.41, 5.74) is 1.34. The quantitative estimate of drug-likeness (QED) is 0.191. The molecule has 2 aromatic heterocycles. The van der Waals surface area contributed by atoms with Gasteiger partial charge in [-0.1, -0.05) is 58.4 Å². The average Bonchev–Trinajstić information content (AvgIpc) is 3.70. The van der Waals surface area contributed by atoms with Crippen molar-refractivity contribution in [1.82, 2.24) is 19.7 Å². The van der Waals surface area contributed by atoms with Crippen molar-refractivity contribution in [3.63, 3.8) is 0 Å². The first kappa shape index (κ1) is 36.2. The fourth-order valence-electron chi connectivity index (χ4n) is 7.26. The fourth-order valence-corrected chi connectivity index (χ4v) is 9.26. The van der Waals surface area contributed by atoms with Crippen LogP contribution >= 0.6 is 0 Å². The molecule has 3 heterocycles. The molecule has 0 aliphatic carbocycles. The molecule has 0 saturated carbocycles. The second-order valence-corrected chi connectivity index (χ2v) is 17.1. The Morgan fingerprint density at radius 1 is 1.04 bits per heavy atom. The molecule has 51 heavy (non-hydrogen) atoms. The molecular weight excluding hydrogens is 675 g/mol. The standard InChI is InChI=1S/C39H44F2N4O5S/c1-23(24(2)36(46)47)25-9-7-10-26(19-25)39(5)16-8-15-38(3,4)22-51(48,49)18-14-29-28-13-17-42-33(28)21-32(41)34(29)50-27-11-12-31(40)30(20-27)35-43-37(39)44-45(35)6/h7,9-13,17,19-21,23-24,42H,8,14-16,18,22H2,1-6H3,(H,46,47). The number of H-pyrrole nitrogens is 1. The Bertz CT molecular complexity index is 2230. The highest BCUT2D eigenvalue weighted by Gasteiger charge is 2.37. The molecule has 9 nitrogen and oxygen atoms in total. The molecule has 1 aliphatic rings. The van der Waals surface area contributed by atoms with Gasteiger partial charge in [-0.15, -0.1) is 0 Å². The minimum absolute atomic E-state index is 0.0217. The van der Waals surface area contributed by atoms with E-state index in [0.717, 1.165) is 11.1 Å². The van der Waals surface area contributed by atoms with Crippen molar-refractivity contribution in [1.29, 1.82) is 0 Å². The lowest BCUT2D eigenvalue weighted by Gasteiger charge is -2.31. The molecule has 0 spiro atoms. The van der Waals surface area contributed by atoms with Gasteiger partial charge in [-0.3, -0.25) is 4.79 Å². The second kappa shape index (κ2) is 13.5. The Kier molecular flexibility index (Phi) is 9.60. The molecule has 2 N–H and O–H groups in total. The Labute approximate surface area is 297 Å². The predicted octanol–water partition coefficient (Wildman–Crippen LogP) is 8.33. The molecule has 0 fully saturated rings. The molecule has 3 atom stereocenters. The number of fused-ring (bicyclic) bond motifs is 8. The van der Waals surface area contributed by atoms with Crippen LogP contribution in [0.15, 0.2) is 60.8 Å². The Hall–Kier alpha value is -4.58. The number of aromatic amines is 1. The third kappa shape index (κ3) is 7.28. The summed E-state index contributed by atoms with van der Waals surface area (Å²) in [6.45, 7) is 9.44. The van der Waals surface area contributed by atoms with Gasteiger partial charge in [0.05, 0.1) is 28.4 Å². The number of carboxylic acid groups (broad SMARTS) is 1. The second-order valence-electron chi connectivity index (χ2n) is 15.0. The third-order valence-electron chi connectivity index (χ3n) is 10.5. The number of aromatic nitrogens is 4. The Morgan fingerprint density at radius 2 is 1.80 bits per heavy atom. The average molecular weight is 719 g/mol. The maximum Gasteiger partial charge on any atom is 0.306 e. The van der Waals surface area contributed by atoms with Gasteiger partial charge in [0.2, 0.25) is 0 Å². The summed E-state index contributed by atoms with van der Waals surface area (Å²) in [5.74, 6) is -2.60. The van der Waals surface area contributed by atoms with Crippen molar-refractivity contribution in [3.05, 3.63) is 94.9 Å². The number of benzene rings is 3. The van der Waals surface area contributed by atoms with Crippen LogP contribution in [0.25, 0.3) is 22.3 Å². The molecule has 1 aliphatic heterocycles. The number of ether oxygens (including phenoxy) is 1. The largest absolute Gasteiger partial charge is 0.481 e. The summed E-state index contributed by atoms with van der Waals surface area (Å²) in [4.78, 5) is 19.8. The van der Waals surface area contributed by atoms with Crippen molar-refractivity contribution in [2.24, 2.45) is 18.4 Å².